The summed E-state index contributed by atoms with van der Waals surface area (Å²) in [6, 6.07) is 0.277. The summed E-state index contributed by atoms with van der Waals surface area (Å²) in [5, 5.41) is 8.91. The van der Waals surface area contributed by atoms with Gasteiger partial charge in [-0.15, -0.1) is 0 Å². The number of hydrogen-bond donors (Lipinski definition) is 1. The summed E-state index contributed by atoms with van der Waals surface area (Å²) in [5.74, 6) is -1.05. The van der Waals surface area contributed by atoms with Crippen molar-refractivity contribution in [3.8, 4) is 0 Å². The zero-order valence-corrected chi connectivity index (χ0v) is 11.7. The van der Waals surface area contributed by atoms with E-state index in [1.165, 1.54) is 0 Å². The van der Waals surface area contributed by atoms with Gasteiger partial charge in [-0.1, -0.05) is 13.8 Å². The van der Waals surface area contributed by atoms with Crippen molar-refractivity contribution in [3.05, 3.63) is 0 Å². The lowest BCUT2D eigenvalue weighted by molar-refractivity contribution is -0.145. The van der Waals surface area contributed by atoms with Crippen molar-refractivity contribution >= 4 is 12.0 Å². The first-order valence-electron chi connectivity index (χ1n) is 6.70. The van der Waals surface area contributed by atoms with Gasteiger partial charge >= 0.3 is 12.0 Å². The van der Waals surface area contributed by atoms with E-state index in [0.717, 1.165) is 6.42 Å². The van der Waals surface area contributed by atoms with E-state index in [0.29, 0.717) is 19.6 Å². The van der Waals surface area contributed by atoms with Gasteiger partial charge in [-0.05, 0) is 20.3 Å². The smallest absolute Gasteiger partial charge is 0.320 e. The maximum absolute atomic E-state index is 12.2. The van der Waals surface area contributed by atoms with E-state index in [1.54, 1.807) is 11.8 Å². The quantitative estimate of drug-likeness (QED) is 0.817. The van der Waals surface area contributed by atoms with Crippen molar-refractivity contribution in [1.29, 1.82) is 0 Å². The Morgan fingerprint density at radius 2 is 1.89 bits per heavy atom. The van der Waals surface area contributed by atoms with Gasteiger partial charge in [0, 0.05) is 31.6 Å². The maximum atomic E-state index is 12.2. The molecule has 1 rings (SSSR count). The Morgan fingerprint density at radius 1 is 1.33 bits per heavy atom. The number of carboxylic acid groups (broad SMARTS) is 1. The van der Waals surface area contributed by atoms with Gasteiger partial charge in [0.1, 0.15) is 0 Å². The van der Waals surface area contributed by atoms with E-state index in [1.807, 2.05) is 18.7 Å². The second-order valence-corrected chi connectivity index (χ2v) is 5.12. The Hall–Kier alpha value is -1.26. The largest absolute Gasteiger partial charge is 0.481 e. The molecule has 1 aliphatic rings. The van der Waals surface area contributed by atoms with Crippen LogP contribution in [-0.2, 0) is 4.79 Å². The lowest BCUT2D eigenvalue weighted by atomic mass is 9.87. The lowest BCUT2D eigenvalue weighted by Crippen LogP contribution is -2.58. The highest BCUT2D eigenvalue weighted by Crippen LogP contribution is 2.25. The highest BCUT2D eigenvalue weighted by Gasteiger charge is 2.39. The van der Waals surface area contributed by atoms with Crippen LogP contribution in [0.4, 0.5) is 4.79 Å². The monoisotopic (exact) mass is 256 g/mol. The fraction of sp³-hybridized carbons (Fsp3) is 0.846. The molecule has 0 saturated carbocycles. The number of carbonyl (C=O) groups is 2. The highest BCUT2D eigenvalue weighted by atomic mass is 16.4. The Kier molecular flexibility index (Phi) is 4.99. The first-order valence-corrected chi connectivity index (χ1v) is 6.70. The second-order valence-electron chi connectivity index (χ2n) is 5.12. The molecule has 0 aliphatic carbocycles. The fourth-order valence-corrected chi connectivity index (χ4v) is 2.22. The molecule has 1 N–H and O–H groups in total. The summed E-state index contributed by atoms with van der Waals surface area (Å²) in [6.07, 6.45) is 0.933. The van der Waals surface area contributed by atoms with Crippen LogP contribution < -0.4 is 0 Å². The van der Waals surface area contributed by atoms with Crippen LogP contribution in [0.3, 0.4) is 0 Å². The molecular weight excluding hydrogens is 232 g/mol. The average molecular weight is 256 g/mol. The van der Waals surface area contributed by atoms with Gasteiger partial charge in [0.15, 0.2) is 0 Å². The first-order chi connectivity index (χ1) is 8.42. The second kappa shape index (κ2) is 6.07. The zero-order valence-electron chi connectivity index (χ0n) is 11.7. The number of nitrogens with zero attached hydrogens (tertiary/aromatic N) is 2. The van der Waals surface area contributed by atoms with E-state index in [-0.39, 0.29) is 23.9 Å². The molecule has 104 valence electrons. The number of rotatable bonds is 5. The molecule has 0 spiro atoms. The summed E-state index contributed by atoms with van der Waals surface area (Å²) >= 11 is 0. The Morgan fingerprint density at radius 3 is 2.28 bits per heavy atom. The van der Waals surface area contributed by atoms with Crippen molar-refractivity contribution in [2.75, 3.05) is 19.6 Å². The molecule has 0 radical (unpaired) electrons. The van der Waals surface area contributed by atoms with E-state index in [9.17, 15) is 9.59 Å². The molecule has 5 heteroatoms. The predicted molar refractivity (Wildman–Crippen MR) is 69.4 cm³/mol. The Bertz CT molecular complexity index is 313. The van der Waals surface area contributed by atoms with Gasteiger partial charge in [-0.3, -0.25) is 4.79 Å². The molecule has 0 aromatic heterocycles. The summed E-state index contributed by atoms with van der Waals surface area (Å²) in [7, 11) is 0. The number of carbonyl (C=O) groups excluding carboxylic acids is 1. The third kappa shape index (κ3) is 2.94. The molecule has 1 heterocycles. The highest BCUT2D eigenvalue weighted by molar-refractivity contribution is 5.76. The van der Waals surface area contributed by atoms with Crippen LogP contribution in [0.15, 0.2) is 0 Å². The van der Waals surface area contributed by atoms with Gasteiger partial charge in [-0.2, -0.15) is 0 Å². The van der Waals surface area contributed by atoms with E-state index in [2.05, 4.69) is 6.92 Å². The van der Waals surface area contributed by atoms with Crippen LogP contribution in [0, 0.1) is 11.8 Å². The molecule has 5 nitrogen and oxygen atoms in total. The van der Waals surface area contributed by atoms with Crippen LogP contribution in [0.25, 0.3) is 0 Å². The molecule has 1 fully saturated rings. The van der Waals surface area contributed by atoms with Crippen molar-refractivity contribution in [1.82, 2.24) is 9.80 Å². The normalized spacial score (nSPS) is 19.0. The van der Waals surface area contributed by atoms with Gasteiger partial charge in [0.2, 0.25) is 0 Å². The number of amides is 2. The topological polar surface area (TPSA) is 60.9 Å². The predicted octanol–water partition coefficient (Wildman–Crippen LogP) is 1.88. The third-order valence-corrected chi connectivity index (χ3v) is 3.99. The zero-order chi connectivity index (χ0) is 13.9. The van der Waals surface area contributed by atoms with Gasteiger partial charge in [-0.25, -0.2) is 4.79 Å². The minimum atomic E-state index is -0.777. The van der Waals surface area contributed by atoms with Crippen molar-refractivity contribution in [2.24, 2.45) is 11.8 Å². The van der Waals surface area contributed by atoms with E-state index in [4.69, 9.17) is 5.11 Å². The molecule has 0 bridgehead atoms. The van der Waals surface area contributed by atoms with E-state index >= 15 is 0 Å². The van der Waals surface area contributed by atoms with Crippen LogP contribution in [-0.4, -0.2) is 52.6 Å². The number of urea groups is 1. The Labute approximate surface area is 109 Å². The van der Waals surface area contributed by atoms with Crippen LogP contribution in [0.5, 0.6) is 0 Å². The average Bonchev–Trinajstić information content (AvgIpc) is 2.27. The lowest BCUT2D eigenvalue weighted by Gasteiger charge is -2.44. The summed E-state index contributed by atoms with van der Waals surface area (Å²) in [6.45, 7) is 9.62. The molecule has 2 amide bonds. The molecule has 2 unspecified atom stereocenters. The minimum absolute atomic E-state index is 0.0423. The van der Waals surface area contributed by atoms with Crippen molar-refractivity contribution in [2.45, 2.75) is 40.2 Å². The Balaban J connectivity index is 2.49. The summed E-state index contributed by atoms with van der Waals surface area (Å²) < 4.78 is 0. The van der Waals surface area contributed by atoms with Crippen LogP contribution >= 0.6 is 0 Å². The molecule has 0 aromatic rings. The minimum Gasteiger partial charge on any atom is -0.481 e. The number of aliphatic carboxylic acids is 1. The molecule has 2 atom stereocenters. The standard InChI is InChI=1S/C13H24N2O3/c1-5-9(3)15(6-2)13(18)14-7-11(8-14)10(4)12(16)17/h9-11H,5-8H2,1-4H3,(H,16,17). The number of hydrogen-bond acceptors (Lipinski definition) is 2. The molecule has 18 heavy (non-hydrogen) atoms. The molecular formula is C13H24N2O3. The third-order valence-electron chi connectivity index (χ3n) is 3.99. The van der Waals surface area contributed by atoms with Gasteiger partial charge < -0.3 is 14.9 Å². The summed E-state index contributed by atoms with van der Waals surface area (Å²) in [5.41, 5.74) is 0. The van der Waals surface area contributed by atoms with E-state index < -0.39 is 5.97 Å². The summed E-state index contributed by atoms with van der Waals surface area (Å²) in [4.78, 5) is 26.6. The van der Waals surface area contributed by atoms with Crippen LogP contribution in [0.2, 0.25) is 0 Å². The molecule has 0 aromatic carbocycles. The number of likely N-dealkylation sites (tertiary alicyclic amines) is 1. The number of carboxylic acids is 1. The van der Waals surface area contributed by atoms with Crippen molar-refractivity contribution in [3.63, 3.8) is 0 Å². The molecule has 1 aliphatic heterocycles. The van der Waals surface area contributed by atoms with Crippen LogP contribution in [0.1, 0.15) is 34.1 Å². The van der Waals surface area contributed by atoms with Crippen molar-refractivity contribution < 1.29 is 14.7 Å². The fourth-order valence-electron chi connectivity index (χ4n) is 2.22. The first kappa shape index (κ1) is 14.8. The maximum Gasteiger partial charge on any atom is 0.320 e. The van der Waals surface area contributed by atoms with Gasteiger partial charge in [0.25, 0.3) is 0 Å². The molecule has 1 saturated heterocycles. The SMILES string of the molecule is CCC(C)N(CC)C(=O)N1CC(C(C)C(=O)O)C1. The van der Waals surface area contributed by atoms with Gasteiger partial charge in [0.05, 0.1) is 5.92 Å².